The van der Waals surface area contributed by atoms with Crippen LogP contribution in [0, 0.1) is 5.41 Å². The molecule has 0 bridgehead atoms. The van der Waals surface area contributed by atoms with Gasteiger partial charge in [0.2, 0.25) is 5.91 Å². The standard InChI is InChI=1S/C18H26N2O2S/c1-4-18(5-2,17(22)19-11-10-13(3)21)12-16-20-14-8-6-7-9-15(14)23-16/h6-9,13,21H,4-5,10-12H2,1-3H3,(H,19,22). The average Bonchev–Trinajstić information content (AvgIpc) is 2.94. The summed E-state index contributed by atoms with van der Waals surface area (Å²) < 4.78 is 1.16. The summed E-state index contributed by atoms with van der Waals surface area (Å²) in [6, 6.07) is 8.08. The molecule has 0 saturated heterocycles. The molecule has 2 N–H and O–H groups in total. The highest BCUT2D eigenvalue weighted by atomic mass is 32.1. The number of thiazole rings is 1. The number of aliphatic hydroxyl groups is 1. The number of benzene rings is 1. The van der Waals surface area contributed by atoms with Crippen molar-refractivity contribution >= 4 is 27.5 Å². The van der Waals surface area contributed by atoms with Crippen LogP contribution in [-0.4, -0.2) is 28.6 Å². The summed E-state index contributed by atoms with van der Waals surface area (Å²) in [5.74, 6) is 0.0717. The first-order valence-corrected chi connectivity index (χ1v) is 9.13. The summed E-state index contributed by atoms with van der Waals surface area (Å²) in [5.41, 5.74) is 0.579. The van der Waals surface area contributed by atoms with Gasteiger partial charge in [0.05, 0.1) is 26.7 Å². The van der Waals surface area contributed by atoms with Gasteiger partial charge in [-0.25, -0.2) is 4.98 Å². The Morgan fingerprint density at radius 2 is 2.04 bits per heavy atom. The Morgan fingerprint density at radius 3 is 2.65 bits per heavy atom. The molecule has 2 aromatic rings. The van der Waals surface area contributed by atoms with Crippen molar-refractivity contribution in [3.8, 4) is 0 Å². The number of aromatic nitrogens is 1. The van der Waals surface area contributed by atoms with Crippen LogP contribution in [0.15, 0.2) is 24.3 Å². The van der Waals surface area contributed by atoms with Crippen molar-refractivity contribution in [2.75, 3.05) is 6.54 Å². The van der Waals surface area contributed by atoms with E-state index in [4.69, 9.17) is 0 Å². The summed E-state index contributed by atoms with van der Waals surface area (Å²) >= 11 is 1.67. The van der Waals surface area contributed by atoms with Gasteiger partial charge in [0, 0.05) is 13.0 Å². The van der Waals surface area contributed by atoms with Gasteiger partial charge >= 0.3 is 0 Å². The number of amides is 1. The predicted molar refractivity (Wildman–Crippen MR) is 95.6 cm³/mol. The molecule has 1 aromatic heterocycles. The molecule has 126 valence electrons. The van der Waals surface area contributed by atoms with E-state index < -0.39 is 11.5 Å². The van der Waals surface area contributed by atoms with Crippen LogP contribution in [0.3, 0.4) is 0 Å². The summed E-state index contributed by atoms with van der Waals surface area (Å²) in [7, 11) is 0. The molecule has 23 heavy (non-hydrogen) atoms. The fourth-order valence-electron chi connectivity index (χ4n) is 2.77. The quantitative estimate of drug-likeness (QED) is 0.776. The zero-order chi connectivity index (χ0) is 16.9. The molecule has 0 spiro atoms. The van der Waals surface area contributed by atoms with Gasteiger partial charge in [0.25, 0.3) is 0 Å². The van der Waals surface area contributed by atoms with E-state index in [1.807, 2.05) is 18.2 Å². The number of hydrogen-bond donors (Lipinski definition) is 2. The Morgan fingerprint density at radius 1 is 1.35 bits per heavy atom. The van der Waals surface area contributed by atoms with Crippen molar-refractivity contribution in [3.63, 3.8) is 0 Å². The number of carbonyl (C=O) groups excluding carboxylic acids is 1. The van der Waals surface area contributed by atoms with Gasteiger partial charge in [-0.3, -0.25) is 4.79 Å². The maximum Gasteiger partial charge on any atom is 0.226 e. The average molecular weight is 334 g/mol. The number of aliphatic hydroxyl groups excluding tert-OH is 1. The van der Waals surface area contributed by atoms with Crippen molar-refractivity contribution in [2.24, 2.45) is 5.41 Å². The number of nitrogens with one attached hydrogen (secondary N) is 1. The third-order valence-electron chi connectivity index (χ3n) is 4.51. The van der Waals surface area contributed by atoms with E-state index in [0.29, 0.717) is 19.4 Å². The van der Waals surface area contributed by atoms with Crippen LogP contribution >= 0.6 is 11.3 Å². The number of nitrogens with zero attached hydrogens (tertiary/aromatic N) is 1. The molecule has 5 heteroatoms. The summed E-state index contributed by atoms with van der Waals surface area (Å²) in [6.07, 6.45) is 2.41. The molecule has 1 amide bonds. The zero-order valence-electron chi connectivity index (χ0n) is 14.1. The van der Waals surface area contributed by atoms with Crippen molar-refractivity contribution < 1.29 is 9.90 Å². The first-order valence-electron chi connectivity index (χ1n) is 8.31. The number of para-hydroxylation sites is 1. The van der Waals surface area contributed by atoms with Crippen molar-refractivity contribution in [3.05, 3.63) is 29.3 Å². The highest BCUT2D eigenvalue weighted by Gasteiger charge is 2.35. The highest BCUT2D eigenvalue weighted by Crippen LogP contribution is 2.34. The van der Waals surface area contributed by atoms with Gasteiger partial charge < -0.3 is 10.4 Å². The maximum atomic E-state index is 12.7. The Bertz CT molecular complexity index is 614. The predicted octanol–water partition coefficient (Wildman–Crippen LogP) is 3.53. The van der Waals surface area contributed by atoms with Crippen LogP contribution in [0.1, 0.15) is 45.0 Å². The van der Waals surface area contributed by atoms with Crippen LogP contribution in [0.2, 0.25) is 0 Å². The van der Waals surface area contributed by atoms with Gasteiger partial charge in [-0.1, -0.05) is 26.0 Å². The Hall–Kier alpha value is -1.46. The van der Waals surface area contributed by atoms with Crippen molar-refractivity contribution in [1.29, 1.82) is 0 Å². The number of fused-ring (bicyclic) bond motifs is 1. The van der Waals surface area contributed by atoms with Crippen molar-refractivity contribution in [2.45, 2.75) is 52.6 Å². The van der Waals surface area contributed by atoms with E-state index in [-0.39, 0.29) is 5.91 Å². The third kappa shape index (κ3) is 4.30. The van der Waals surface area contributed by atoms with Gasteiger partial charge in [0.1, 0.15) is 0 Å². The number of hydrogen-bond acceptors (Lipinski definition) is 4. The molecule has 0 aliphatic heterocycles. The molecule has 0 fully saturated rings. The summed E-state index contributed by atoms with van der Waals surface area (Å²) in [4.78, 5) is 17.4. The summed E-state index contributed by atoms with van der Waals surface area (Å²) in [5, 5.41) is 13.3. The normalized spacial score (nSPS) is 13.2. The molecular formula is C18H26N2O2S. The van der Waals surface area contributed by atoms with Crippen molar-refractivity contribution in [1.82, 2.24) is 10.3 Å². The molecule has 4 nitrogen and oxygen atoms in total. The largest absolute Gasteiger partial charge is 0.393 e. The van der Waals surface area contributed by atoms with Crippen LogP contribution in [0.25, 0.3) is 10.2 Å². The zero-order valence-corrected chi connectivity index (χ0v) is 14.9. The van der Waals surface area contributed by atoms with Gasteiger partial charge in [-0.05, 0) is 38.3 Å². The molecule has 1 aromatic carbocycles. The summed E-state index contributed by atoms with van der Waals surface area (Å²) in [6.45, 7) is 6.37. The highest BCUT2D eigenvalue weighted by molar-refractivity contribution is 7.18. The van der Waals surface area contributed by atoms with Gasteiger partial charge in [-0.2, -0.15) is 0 Å². The van der Waals surface area contributed by atoms with E-state index in [9.17, 15) is 9.90 Å². The van der Waals surface area contributed by atoms with Crippen LogP contribution < -0.4 is 5.32 Å². The smallest absolute Gasteiger partial charge is 0.226 e. The molecule has 1 unspecified atom stereocenters. The minimum atomic E-state index is -0.424. The fraction of sp³-hybridized carbons (Fsp3) is 0.556. The Kier molecular flexibility index (Phi) is 6.13. The second kappa shape index (κ2) is 7.88. The van der Waals surface area contributed by atoms with Crippen LogP contribution in [0.5, 0.6) is 0 Å². The molecule has 1 heterocycles. The lowest BCUT2D eigenvalue weighted by atomic mass is 9.78. The molecule has 0 saturated carbocycles. The molecule has 1 atom stereocenters. The van der Waals surface area contributed by atoms with E-state index in [0.717, 1.165) is 28.1 Å². The van der Waals surface area contributed by atoms with E-state index in [2.05, 4.69) is 30.2 Å². The Balaban J connectivity index is 2.14. The lowest BCUT2D eigenvalue weighted by Crippen LogP contribution is -2.42. The van der Waals surface area contributed by atoms with Crippen LogP contribution in [0.4, 0.5) is 0 Å². The van der Waals surface area contributed by atoms with E-state index in [1.165, 1.54) is 0 Å². The second-order valence-corrected chi connectivity index (χ2v) is 7.25. The molecule has 0 radical (unpaired) electrons. The molecular weight excluding hydrogens is 308 g/mol. The molecule has 2 rings (SSSR count). The van der Waals surface area contributed by atoms with Gasteiger partial charge in [-0.15, -0.1) is 11.3 Å². The molecule has 0 aliphatic rings. The maximum absolute atomic E-state index is 12.7. The van der Waals surface area contributed by atoms with E-state index >= 15 is 0 Å². The van der Waals surface area contributed by atoms with Crippen LogP contribution in [-0.2, 0) is 11.2 Å². The van der Waals surface area contributed by atoms with E-state index in [1.54, 1.807) is 18.3 Å². The molecule has 0 aliphatic carbocycles. The SMILES string of the molecule is CCC(CC)(Cc1nc2ccccc2s1)C(=O)NCCC(C)O. The minimum absolute atomic E-state index is 0.0717. The van der Waals surface area contributed by atoms with Gasteiger partial charge in [0.15, 0.2) is 0 Å². The fourth-order valence-corrected chi connectivity index (χ4v) is 3.88. The second-order valence-electron chi connectivity index (χ2n) is 6.13. The minimum Gasteiger partial charge on any atom is -0.393 e. The first-order chi connectivity index (χ1) is 11.0. The number of rotatable bonds is 8. The number of carbonyl (C=O) groups is 1. The first kappa shape index (κ1) is 17.9. The monoisotopic (exact) mass is 334 g/mol. The topological polar surface area (TPSA) is 62.2 Å². The third-order valence-corrected chi connectivity index (χ3v) is 5.55. The lowest BCUT2D eigenvalue weighted by Gasteiger charge is -2.29. The Labute approximate surface area is 141 Å². The lowest BCUT2D eigenvalue weighted by molar-refractivity contribution is -0.131.